The molecule has 0 saturated carbocycles. The maximum absolute atomic E-state index is 12.8. The fourth-order valence-corrected chi connectivity index (χ4v) is 6.82. The van der Waals surface area contributed by atoms with Crippen LogP contribution in [0.15, 0.2) is 47.5 Å². The second-order valence-corrected chi connectivity index (χ2v) is 13.2. The number of halogens is 1. The van der Waals surface area contributed by atoms with E-state index in [0.29, 0.717) is 36.3 Å². The minimum Gasteiger partial charge on any atom is -0.489 e. The van der Waals surface area contributed by atoms with Gasteiger partial charge in [-0.2, -0.15) is 4.98 Å². The highest BCUT2D eigenvalue weighted by molar-refractivity contribution is 7.91. The van der Waals surface area contributed by atoms with Gasteiger partial charge in [-0.1, -0.05) is 30.7 Å². The molecule has 0 atom stereocenters. The van der Waals surface area contributed by atoms with Crippen molar-refractivity contribution in [3.63, 3.8) is 0 Å². The second-order valence-electron chi connectivity index (χ2n) is 10.7. The molecule has 1 aliphatic rings. The Labute approximate surface area is 248 Å². The molecule has 0 spiro atoms. The van der Waals surface area contributed by atoms with Gasteiger partial charge in [0.1, 0.15) is 10.8 Å². The van der Waals surface area contributed by atoms with Crippen molar-refractivity contribution in [1.82, 2.24) is 14.9 Å². The molecule has 41 heavy (non-hydrogen) atoms. The zero-order chi connectivity index (χ0) is 29.6. The fourth-order valence-electron chi connectivity index (χ4n) is 5.18. The molecule has 1 aliphatic heterocycles. The number of rotatable bonds is 12. The Balaban J connectivity index is 1.61. The van der Waals surface area contributed by atoms with Crippen LogP contribution in [0.1, 0.15) is 57.1 Å². The number of para-hydroxylation sites is 1. The number of likely N-dealkylation sites (tertiary alicyclic amines) is 1. The number of anilines is 4. The van der Waals surface area contributed by atoms with E-state index in [1.165, 1.54) is 11.8 Å². The summed E-state index contributed by atoms with van der Waals surface area (Å²) in [5.41, 5.74) is 3.55. The lowest BCUT2D eigenvalue weighted by atomic mass is 9.86. The van der Waals surface area contributed by atoms with Gasteiger partial charge < -0.3 is 25.4 Å². The molecule has 1 saturated heterocycles. The predicted octanol–water partition coefficient (Wildman–Crippen LogP) is 6.07. The van der Waals surface area contributed by atoms with Crippen molar-refractivity contribution >= 4 is 44.6 Å². The number of aromatic nitrogens is 2. The molecule has 0 amide bonds. The third kappa shape index (κ3) is 7.88. The zero-order valence-electron chi connectivity index (χ0n) is 24.2. The standard InChI is InChI=1S/C30H40ClN5O4S/c1-5-16-41(38,39)28-9-7-6-8-25(28)33-29-24(31)19-32-30(35-29)34-26-17-21(4)23(18-27(26)40-20(2)3)22-10-12-36(13-11-22)14-15-37/h6-9,17-20,22,37H,5,10-16H2,1-4H3,(H2,32,33,34,35). The number of benzene rings is 2. The maximum Gasteiger partial charge on any atom is 0.229 e. The number of aliphatic hydroxyl groups excluding tert-OH is 1. The highest BCUT2D eigenvalue weighted by atomic mass is 35.5. The number of β-amino-alcohol motifs (C(OH)–C–C–N with tert-alkyl or cyclic N) is 1. The zero-order valence-corrected chi connectivity index (χ0v) is 25.7. The number of hydrogen-bond acceptors (Lipinski definition) is 9. The van der Waals surface area contributed by atoms with E-state index in [4.69, 9.17) is 16.3 Å². The summed E-state index contributed by atoms with van der Waals surface area (Å²) in [5, 5.41) is 15.9. The Morgan fingerprint density at radius 2 is 1.88 bits per heavy atom. The lowest BCUT2D eigenvalue weighted by molar-refractivity contribution is 0.164. The lowest BCUT2D eigenvalue weighted by Gasteiger charge is -2.32. The first kappa shape index (κ1) is 31.0. The summed E-state index contributed by atoms with van der Waals surface area (Å²) in [7, 11) is -3.47. The Morgan fingerprint density at radius 1 is 1.15 bits per heavy atom. The molecule has 0 radical (unpaired) electrons. The van der Waals surface area contributed by atoms with E-state index in [0.717, 1.165) is 37.2 Å². The van der Waals surface area contributed by atoms with Gasteiger partial charge in [-0.15, -0.1) is 0 Å². The van der Waals surface area contributed by atoms with Crippen molar-refractivity contribution in [3.8, 4) is 5.75 Å². The molecule has 3 N–H and O–H groups in total. The molecule has 2 heterocycles. The van der Waals surface area contributed by atoms with Crippen LogP contribution in [0.2, 0.25) is 5.02 Å². The number of piperidine rings is 1. The van der Waals surface area contributed by atoms with E-state index in [1.54, 1.807) is 24.3 Å². The molecule has 0 unspecified atom stereocenters. The summed E-state index contributed by atoms with van der Waals surface area (Å²) in [6.07, 6.45) is 4.01. The molecule has 3 aromatic rings. The van der Waals surface area contributed by atoms with Crippen molar-refractivity contribution in [2.24, 2.45) is 0 Å². The first-order chi connectivity index (χ1) is 19.6. The number of sulfone groups is 1. The summed E-state index contributed by atoms with van der Waals surface area (Å²) in [6, 6.07) is 10.9. The van der Waals surface area contributed by atoms with Crippen LogP contribution in [-0.2, 0) is 9.84 Å². The molecule has 0 aliphatic carbocycles. The van der Waals surface area contributed by atoms with Gasteiger partial charge in [0.05, 0.1) is 40.9 Å². The number of aryl methyl sites for hydroxylation is 1. The van der Waals surface area contributed by atoms with Crippen LogP contribution in [0.3, 0.4) is 0 Å². The highest BCUT2D eigenvalue weighted by Crippen LogP contribution is 2.38. The Morgan fingerprint density at radius 3 is 2.56 bits per heavy atom. The summed E-state index contributed by atoms with van der Waals surface area (Å²) in [5.74, 6) is 1.76. The van der Waals surface area contributed by atoms with Gasteiger partial charge in [-0.3, -0.25) is 0 Å². The van der Waals surface area contributed by atoms with Crippen molar-refractivity contribution in [1.29, 1.82) is 0 Å². The van der Waals surface area contributed by atoms with Crippen molar-refractivity contribution < 1.29 is 18.3 Å². The molecule has 2 aromatic carbocycles. The highest BCUT2D eigenvalue weighted by Gasteiger charge is 2.24. The number of ether oxygens (including phenoxy) is 1. The smallest absolute Gasteiger partial charge is 0.229 e. The molecule has 0 bridgehead atoms. The van der Waals surface area contributed by atoms with Crippen LogP contribution >= 0.6 is 11.6 Å². The van der Waals surface area contributed by atoms with Crippen LogP contribution in [0.25, 0.3) is 0 Å². The third-order valence-corrected chi connectivity index (χ3v) is 9.36. The average molecular weight is 602 g/mol. The summed E-state index contributed by atoms with van der Waals surface area (Å²) in [6.45, 7) is 10.7. The van der Waals surface area contributed by atoms with Crippen LogP contribution in [0, 0.1) is 6.92 Å². The van der Waals surface area contributed by atoms with Gasteiger partial charge in [-0.05, 0) is 94.4 Å². The van der Waals surface area contributed by atoms with Gasteiger partial charge in [0, 0.05) is 6.54 Å². The SMILES string of the molecule is CCCS(=O)(=O)c1ccccc1Nc1nc(Nc2cc(C)c(C3CCN(CCO)CC3)cc2OC(C)C)ncc1Cl. The van der Waals surface area contributed by atoms with Crippen LogP contribution in [0.5, 0.6) is 5.75 Å². The van der Waals surface area contributed by atoms with Gasteiger partial charge in [0.25, 0.3) is 0 Å². The number of nitrogens with one attached hydrogen (secondary N) is 2. The van der Waals surface area contributed by atoms with E-state index >= 15 is 0 Å². The summed E-state index contributed by atoms with van der Waals surface area (Å²) in [4.78, 5) is 11.4. The topological polar surface area (TPSA) is 117 Å². The first-order valence-corrected chi connectivity index (χ1v) is 16.2. The van der Waals surface area contributed by atoms with Crippen LogP contribution < -0.4 is 15.4 Å². The third-order valence-electron chi connectivity index (χ3n) is 7.11. The monoisotopic (exact) mass is 601 g/mol. The molecule has 11 heteroatoms. The molecular weight excluding hydrogens is 562 g/mol. The van der Waals surface area contributed by atoms with E-state index in [1.807, 2.05) is 20.8 Å². The summed E-state index contributed by atoms with van der Waals surface area (Å²) >= 11 is 6.43. The number of hydrogen-bond donors (Lipinski definition) is 3. The van der Waals surface area contributed by atoms with E-state index in [-0.39, 0.29) is 34.2 Å². The summed E-state index contributed by atoms with van der Waals surface area (Å²) < 4.78 is 31.9. The number of nitrogens with zero attached hydrogens (tertiary/aromatic N) is 3. The maximum atomic E-state index is 12.8. The van der Waals surface area contributed by atoms with Gasteiger partial charge in [0.2, 0.25) is 5.95 Å². The van der Waals surface area contributed by atoms with Gasteiger partial charge in [-0.25, -0.2) is 13.4 Å². The van der Waals surface area contributed by atoms with Crippen molar-refractivity contribution in [2.45, 2.75) is 63.9 Å². The number of aliphatic hydroxyl groups is 1. The molecule has 1 fully saturated rings. The Kier molecular flexibility index (Phi) is 10.5. The normalized spacial score (nSPS) is 14.8. The molecule has 9 nitrogen and oxygen atoms in total. The van der Waals surface area contributed by atoms with Crippen molar-refractivity contribution in [3.05, 3.63) is 58.7 Å². The second kappa shape index (κ2) is 13.8. The van der Waals surface area contributed by atoms with Crippen molar-refractivity contribution in [2.75, 3.05) is 42.6 Å². The molecule has 222 valence electrons. The van der Waals surface area contributed by atoms with Gasteiger partial charge >= 0.3 is 0 Å². The van der Waals surface area contributed by atoms with E-state index in [2.05, 4.69) is 44.6 Å². The Hall–Kier alpha value is -2.92. The molecule has 1 aromatic heterocycles. The first-order valence-electron chi connectivity index (χ1n) is 14.1. The predicted molar refractivity (Wildman–Crippen MR) is 165 cm³/mol. The minimum atomic E-state index is -3.47. The van der Waals surface area contributed by atoms with Crippen LogP contribution in [0.4, 0.5) is 23.1 Å². The van der Waals surface area contributed by atoms with Gasteiger partial charge in [0.15, 0.2) is 15.7 Å². The average Bonchev–Trinajstić information content (AvgIpc) is 2.93. The van der Waals surface area contributed by atoms with E-state index < -0.39 is 9.84 Å². The van der Waals surface area contributed by atoms with Crippen LogP contribution in [-0.4, -0.2) is 66.5 Å². The minimum absolute atomic E-state index is 0.0394. The Bertz CT molecular complexity index is 1440. The quantitative estimate of drug-likeness (QED) is 0.227. The largest absolute Gasteiger partial charge is 0.489 e. The molecular formula is C30H40ClN5O4S. The molecule has 4 rings (SSSR count). The fraction of sp³-hybridized carbons (Fsp3) is 0.467. The van der Waals surface area contributed by atoms with E-state index in [9.17, 15) is 13.5 Å². The lowest BCUT2D eigenvalue weighted by Crippen LogP contribution is -2.35.